The summed E-state index contributed by atoms with van der Waals surface area (Å²) in [6, 6.07) is 29.5. The molecule has 2 atom stereocenters. The van der Waals surface area contributed by atoms with Crippen molar-refractivity contribution in [2.45, 2.75) is 44.4 Å². The van der Waals surface area contributed by atoms with Crippen LogP contribution in [0.2, 0.25) is 0 Å². The standard InChI is InChI=1S/C28H32N4O/c33-28-30-25-15-7-8-16-26(25)32(28)24-17-19-31(18-9-14-22-10-3-1-4-11-22)27(20-24)29-21-23-12-5-2-6-13-23/h1-8,10-13,15-16,24,27,29H,9,14,17-21H2,(H,30,33). The molecule has 170 valence electrons. The van der Waals surface area contributed by atoms with E-state index in [0.29, 0.717) is 0 Å². The number of hydrogen-bond acceptors (Lipinski definition) is 3. The zero-order valence-corrected chi connectivity index (χ0v) is 19.0. The summed E-state index contributed by atoms with van der Waals surface area (Å²) in [4.78, 5) is 18.4. The maximum atomic E-state index is 12.8. The number of fused-ring (bicyclic) bond motifs is 1. The molecule has 0 bridgehead atoms. The largest absolute Gasteiger partial charge is 0.326 e. The third-order valence-electron chi connectivity index (χ3n) is 6.81. The first-order chi connectivity index (χ1) is 16.3. The van der Waals surface area contributed by atoms with Gasteiger partial charge in [0.25, 0.3) is 0 Å². The van der Waals surface area contributed by atoms with E-state index in [1.807, 2.05) is 28.8 Å². The Morgan fingerprint density at radius 2 is 1.58 bits per heavy atom. The molecule has 0 aliphatic carbocycles. The number of rotatable bonds is 8. The van der Waals surface area contributed by atoms with Crippen LogP contribution in [0.5, 0.6) is 0 Å². The topological polar surface area (TPSA) is 53.1 Å². The third-order valence-corrected chi connectivity index (χ3v) is 6.81. The molecule has 0 saturated carbocycles. The number of nitrogens with zero attached hydrogens (tertiary/aromatic N) is 2. The van der Waals surface area contributed by atoms with Gasteiger partial charge in [0.05, 0.1) is 17.2 Å². The van der Waals surface area contributed by atoms with Gasteiger partial charge in [-0.25, -0.2) is 4.79 Å². The highest BCUT2D eigenvalue weighted by Crippen LogP contribution is 2.28. The number of benzene rings is 3. The Balaban J connectivity index is 1.31. The summed E-state index contributed by atoms with van der Waals surface area (Å²) in [7, 11) is 0. The van der Waals surface area contributed by atoms with E-state index in [9.17, 15) is 4.79 Å². The lowest BCUT2D eigenvalue weighted by Gasteiger charge is -2.40. The number of aryl methyl sites for hydroxylation is 1. The molecule has 2 unspecified atom stereocenters. The minimum atomic E-state index is 0.000497. The minimum absolute atomic E-state index is 0.000497. The molecule has 1 aliphatic rings. The highest BCUT2D eigenvalue weighted by molar-refractivity contribution is 5.75. The Kier molecular flexibility index (Phi) is 6.70. The molecule has 2 N–H and O–H groups in total. The van der Waals surface area contributed by atoms with E-state index in [-0.39, 0.29) is 17.9 Å². The lowest BCUT2D eigenvalue weighted by atomic mass is 10.00. The van der Waals surface area contributed by atoms with E-state index < -0.39 is 0 Å². The number of nitrogens with one attached hydrogen (secondary N) is 2. The van der Waals surface area contributed by atoms with E-state index >= 15 is 0 Å². The average Bonchev–Trinajstić information content (AvgIpc) is 3.20. The number of imidazole rings is 1. The van der Waals surface area contributed by atoms with Gasteiger partial charge in [-0.1, -0.05) is 72.8 Å². The minimum Gasteiger partial charge on any atom is -0.306 e. The predicted molar refractivity (Wildman–Crippen MR) is 134 cm³/mol. The van der Waals surface area contributed by atoms with Gasteiger partial charge in [0.2, 0.25) is 0 Å². The summed E-state index contributed by atoms with van der Waals surface area (Å²) in [5, 5.41) is 3.80. The maximum Gasteiger partial charge on any atom is 0.326 e. The fourth-order valence-electron chi connectivity index (χ4n) is 5.11. The van der Waals surface area contributed by atoms with Crippen molar-refractivity contribution >= 4 is 11.0 Å². The van der Waals surface area contributed by atoms with Crippen molar-refractivity contribution in [3.8, 4) is 0 Å². The van der Waals surface area contributed by atoms with Crippen LogP contribution in [0.1, 0.15) is 36.4 Å². The van der Waals surface area contributed by atoms with Crippen molar-refractivity contribution in [2.75, 3.05) is 13.1 Å². The molecule has 2 heterocycles. The zero-order chi connectivity index (χ0) is 22.5. The highest BCUT2D eigenvalue weighted by Gasteiger charge is 2.30. The summed E-state index contributed by atoms with van der Waals surface area (Å²) in [6.45, 7) is 2.87. The summed E-state index contributed by atoms with van der Waals surface area (Å²) < 4.78 is 1.98. The van der Waals surface area contributed by atoms with Crippen molar-refractivity contribution in [1.82, 2.24) is 19.8 Å². The molecule has 0 amide bonds. The van der Waals surface area contributed by atoms with Gasteiger partial charge < -0.3 is 4.98 Å². The van der Waals surface area contributed by atoms with Gasteiger partial charge in [-0.3, -0.25) is 14.8 Å². The highest BCUT2D eigenvalue weighted by atomic mass is 16.1. The van der Waals surface area contributed by atoms with Gasteiger partial charge in [-0.05, 0) is 55.5 Å². The number of likely N-dealkylation sites (tertiary alicyclic amines) is 1. The summed E-state index contributed by atoms with van der Waals surface area (Å²) in [5.74, 6) is 0. The number of aromatic nitrogens is 2. The Hall–Kier alpha value is -3.15. The normalized spacial score (nSPS) is 19.2. The smallest absolute Gasteiger partial charge is 0.306 e. The van der Waals surface area contributed by atoms with Crippen molar-refractivity contribution in [2.24, 2.45) is 0 Å². The van der Waals surface area contributed by atoms with Crippen LogP contribution in [-0.2, 0) is 13.0 Å². The summed E-state index contributed by atoms with van der Waals surface area (Å²) >= 11 is 0. The number of aromatic amines is 1. The number of H-pyrrole nitrogens is 1. The van der Waals surface area contributed by atoms with Crippen LogP contribution in [0.15, 0.2) is 89.7 Å². The Morgan fingerprint density at radius 3 is 2.36 bits per heavy atom. The lowest BCUT2D eigenvalue weighted by molar-refractivity contribution is 0.0887. The van der Waals surface area contributed by atoms with E-state index in [2.05, 4.69) is 75.9 Å². The number of piperidine rings is 1. The van der Waals surface area contributed by atoms with Crippen LogP contribution < -0.4 is 11.0 Å². The number of para-hydroxylation sites is 2. The molecule has 1 fully saturated rings. The molecule has 1 saturated heterocycles. The van der Waals surface area contributed by atoms with Gasteiger partial charge in [0, 0.05) is 19.1 Å². The van der Waals surface area contributed by atoms with Crippen LogP contribution in [0.25, 0.3) is 11.0 Å². The van der Waals surface area contributed by atoms with Crippen molar-refractivity contribution in [1.29, 1.82) is 0 Å². The first kappa shape index (κ1) is 21.7. The molecule has 3 aromatic carbocycles. The van der Waals surface area contributed by atoms with Gasteiger partial charge in [-0.2, -0.15) is 0 Å². The van der Waals surface area contributed by atoms with Crippen LogP contribution in [-0.4, -0.2) is 33.7 Å². The second kappa shape index (κ2) is 10.2. The molecular formula is C28H32N4O. The predicted octanol–water partition coefficient (Wildman–Crippen LogP) is 4.72. The Labute approximate surface area is 195 Å². The van der Waals surface area contributed by atoms with E-state index in [1.54, 1.807) is 0 Å². The molecule has 5 nitrogen and oxygen atoms in total. The second-order valence-electron chi connectivity index (χ2n) is 9.00. The number of hydrogen-bond donors (Lipinski definition) is 2. The van der Waals surface area contributed by atoms with Crippen LogP contribution in [0.3, 0.4) is 0 Å². The van der Waals surface area contributed by atoms with Crippen LogP contribution in [0, 0.1) is 0 Å². The van der Waals surface area contributed by atoms with Gasteiger partial charge in [0.1, 0.15) is 0 Å². The second-order valence-corrected chi connectivity index (χ2v) is 9.00. The molecule has 0 spiro atoms. The molecule has 1 aromatic heterocycles. The molecule has 0 radical (unpaired) electrons. The Bertz CT molecular complexity index is 1210. The molecule has 5 heteroatoms. The third kappa shape index (κ3) is 5.10. The maximum absolute atomic E-state index is 12.8. The van der Waals surface area contributed by atoms with Crippen LogP contribution in [0.4, 0.5) is 0 Å². The SMILES string of the molecule is O=c1[nH]c2ccccc2n1C1CCN(CCCc2ccccc2)C(NCc2ccccc2)C1. The quantitative estimate of drug-likeness (QED) is 0.417. The molecule has 33 heavy (non-hydrogen) atoms. The van der Waals surface area contributed by atoms with Gasteiger partial charge in [-0.15, -0.1) is 0 Å². The first-order valence-corrected chi connectivity index (χ1v) is 12.0. The van der Waals surface area contributed by atoms with E-state index in [4.69, 9.17) is 0 Å². The fraction of sp³-hybridized carbons (Fsp3) is 0.321. The summed E-state index contributed by atoms with van der Waals surface area (Å²) in [6.07, 6.45) is 4.36. The van der Waals surface area contributed by atoms with Crippen molar-refractivity contribution in [3.63, 3.8) is 0 Å². The monoisotopic (exact) mass is 440 g/mol. The Morgan fingerprint density at radius 1 is 0.879 bits per heavy atom. The zero-order valence-electron chi connectivity index (χ0n) is 19.0. The molecule has 5 rings (SSSR count). The molecule has 4 aromatic rings. The van der Waals surface area contributed by atoms with Gasteiger partial charge >= 0.3 is 5.69 Å². The molecule has 1 aliphatic heterocycles. The first-order valence-electron chi connectivity index (χ1n) is 12.0. The summed E-state index contributed by atoms with van der Waals surface area (Å²) in [5.41, 5.74) is 4.61. The van der Waals surface area contributed by atoms with E-state index in [1.165, 1.54) is 11.1 Å². The van der Waals surface area contributed by atoms with Gasteiger partial charge in [0.15, 0.2) is 0 Å². The van der Waals surface area contributed by atoms with Crippen molar-refractivity contribution in [3.05, 3.63) is 107 Å². The fourth-order valence-corrected chi connectivity index (χ4v) is 5.11. The van der Waals surface area contributed by atoms with E-state index in [0.717, 1.165) is 56.4 Å². The average molecular weight is 441 g/mol. The molecular weight excluding hydrogens is 408 g/mol. The lowest BCUT2D eigenvalue weighted by Crippen LogP contribution is -2.51. The van der Waals surface area contributed by atoms with Crippen molar-refractivity contribution < 1.29 is 0 Å². The van der Waals surface area contributed by atoms with Crippen LogP contribution >= 0.6 is 0 Å².